The molecule has 4 rings (SSSR count). The van der Waals surface area contributed by atoms with Crippen molar-refractivity contribution in [3.8, 4) is 11.5 Å². The molecule has 31 heavy (non-hydrogen) atoms. The van der Waals surface area contributed by atoms with E-state index in [1.807, 2.05) is 6.07 Å². The summed E-state index contributed by atoms with van der Waals surface area (Å²) >= 11 is 11.3. The van der Waals surface area contributed by atoms with E-state index in [1.165, 1.54) is 4.90 Å². The van der Waals surface area contributed by atoms with Crippen LogP contribution in [0.1, 0.15) is 33.2 Å². The minimum Gasteiger partial charge on any atom is -0.444 e. The number of aromatic nitrogens is 6. The normalized spacial score (nSPS) is 19.7. The summed E-state index contributed by atoms with van der Waals surface area (Å²) in [5.41, 5.74) is 0.496. The third kappa shape index (κ3) is 4.16. The van der Waals surface area contributed by atoms with Crippen molar-refractivity contribution in [3.05, 3.63) is 22.3 Å². The maximum Gasteiger partial charge on any atom is 0.410 e. The number of hydrogen-bond acceptors (Lipinski definition) is 6. The Balaban J connectivity index is 1.73. The van der Waals surface area contributed by atoms with E-state index in [2.05, 4.69) is 20.2 Å². The number of nitrogens with zero attached hydrogens (tertiary/aromatic N) is 6. The number of likely N-dealkylation sites (tertiary alicyclic amines) is 1. The molecule has 0 unspecified atom stereocenters. The van der Waals surface area contributed by atoms with E-state index in [1.54, 1.807) is 43.1 Å². The molecule has 0 radical (unpaired) electrons. The largest absolute Gasteiger partial charge is 0.444 e. The number of rotatable bonds is 2. The number of carbonyl (C=O) groups excluding carboxylic acids is 1. The average molecular weight is 468 g/mol. The van der Waals surface area contributed by atoms with Crippen LogP contribution < -0.4 is 0 Å². The molecule has 3 aromatic heterocycles. The number of hydrogen-bond donors (Lipinski definition) is 1. The van der Waals surface area contributed by atoms with Crippen molar-refractivity contribution in [1.29, 1.82) is 0 Å². The van der Waals surface area contributed by atoms with E-state index < -0.39 is 23.9 Å². The van der Waals surface area contributed by atoms with E-state index in [0.29, 0.717) is 40.3 Å². The highest BCUT2D eigenvalue weighted by molar-refractivity contribution is 7.71. The lowest BCUT2D eigenvalue weighted by Crippen LogP contribution is -2.47. The number of amides is 1. The quantitative estimate of drug-likeness (QED) is 0.451. The number of fused-ring (bicyclic) bond motifs is 1. The van der Waals surface area contributed by atoms with Crippen molar-refractivity contribution in [3.63, 3.8) is 0 Å². The SMILES string of the molecule is Cn1c(-c2cc3cnc(Cl)nc3n2[C@@H]2CCN(C(=O)OC(C)(C)C)C[C@@H]2F)n[nH]c1=S. The number of alkyl halides is 1. The van der Waals surface area contributed by atoms with Crippen LogP contribution in [-0.2, 0) is 11.8 Å². The van der Waals surface area contributed by atoms with Gasteiger partial charge in [0.1, 0.15) is 17.4 Å². The Morgan fingerprint density at radius 3 is 2.77 bits per heavy atom. The van der Waals surface area contributed by atoms with E-state index >= 15 is 4.39 Å². The van der Waals surface area contributed by atoms with Crippen LogP contribution in [0.2, 0.25) is 5.28 Å². The summed E-state index contributed by atoms with van der Waals surface area (Å²) < 4.78 is 24.8. The molecule has 9 nitrogen and oxygen atoms in total. The Kier molecular flexibility index (Phi) is 5.50. The van der Waals surface area contributed by atoms with Crippen LogP contribution in [0.3, 0.4) is 0 Å². The van der Waals surface area contributed by atoms with E-state index in [9.17, 15) is 4.79 Å². The van der Waals surface area contributed by atoms with Crippen molar-refractivity contribution in [1.82, 2.24) is 34.2 Å². The Labute approximate surface area is 188 Å². The fourth-order valence-electron chi connectivity index (χ4n) is 3.75. The lowest BCUT2D eigenvalue weighted by Gasteiger charge is -2.36. The number of ether oxygens (including phenoxy) is 1. The first-order chi connectivity index (χ1) is 14.5. The highest BCUT2D eigenvalue weighted by Gasteiger charge is 2.37. The maximum atomic E-state index is 15.5. The van der Waals surface area contributed by atoms with Crippen molar-refractivity contribution < 1.29 is 13.9 Å². The Morgan fingerprint density at radius 2 is 2.16 bits per heavy atom. The van der Waals surface area contributed by atoms with Crippen molar-refractivity contribution in [2.45, 2.75) is 45.0 Å². The lowest BCUT2D eigenvalue weighted by molar-refractivity contribution is 0.00716. The van der Waals surface area contributed by atoms with Gasteiger partial charge in [0.05, 0.1) is 18.3 Å². The highest BCUT2D eigenvalue weighted by atomic mass is 35.5. The van der Waals surface area contributed by atoms with Gasteiger partial charge in [0.2, 0.25) is 5.28 Å². The summed E-state index contributed by atoms with van der Waals surface area (Å²) in [6.07, 6.45) is 0.0884. The molecular formula is C19H23ClFN7O2S. The molecule has 1 aliphatic rings. The zero-order valence-corrected chi connectivity index (χ0v) is 19.2. The molecule has 4 heterocycles. The van der Waals surface area contributed by atoms with Gasteiger partial charge < -0.3 is 18.8 Å². The van der Waals surface area contributed by atoms with Gasteiger partial charge in [-0.25, -0.2) is 14.2 Å². The topological polar surface area (TPSA) is 93.9 Å². The number of piperidine rings is 1. The second-order valence-electron chi connectivity index (χ2n) is 8.53. The number of aromatic amines is 1. The van der Waals surface area contributed by atoms with Gasteiger partial charge in [-0.3, -0.25) is 5.10 Å². The van der Waals surface area contributed by atoms with E-state index in [4.69, 9.17) is 28.6 Å². The van der Waals surface area contributed by atoms with Crippen LogP contribution in [0.5, 0.6) is 0 Å². The van der Waals surface area contributed by atoms with Crippen LogP contribution in [0.15, 0.2) is 12.3 Å². The van der Waals surface area contributed by atoms with Gasteiger partial charge >= 0.3 is 6.09 Å². The Hall–Kier alpha value is -2.53. The van der Waals surface area contributed by atoms with Crippen LogP contribution >= 0.6 is 23.8 Å². The number of halogens is 2. The average Bonchev–Trinajstić information content (AvgIpc) is 3.20. The summed E-state index contributed by atoms with van der Waals surface area (Å²) in [7, 11) is 1.78. The maximum absolute atomic E-state index is 15.5. The molecule has 0 saturated carbocycles. The van der Waals surface area contributed by atoms with E-state index in [-0.39, 0.29) is 11.8 Å². The van der Waals surface area contributed by atoms with Crippen LogP contribution in [0.25, 0.3) is 22.6 Å². The highest BCUT2D eigenvalue weighted by Crippen LogP contribution is 2.35. The smallest absolute Gasteiger partial charge is 0.410 e. The lowest BCUT2D eigenvalue weighted by atomic mass is 10.0. The Bertz CT molecular complexity index is 1200. The minimum atomic E-state index is -1.35. The molecule has 0 aromatic carbocycles. The summed E-state index contributed by atoms with van der Waals surface area (Å²) in [4.78, 5) is 22.2. The third-order valence-corrected chi connectivity index (χ3v) is 5.69. The molecule has 3 aromatic rings. The molecule has 1 amide bonds. The molecule has 2 atom stereocenters. The van der Waals surface area contributed by atoms with Crippen molar-refractivity contribution in [2.24, 2.45) is 7.05 Å². The molecule has 1 fully saturated rings. The van der Waals surface area contributed by atoms with Gasteiger partial charge in [-0.15, -0.1) is 0 Å². The van der Waals surface area contributed by atoms with Gasteiger partial charge in [0.25, 0.3) is 0 Å². The van der Waals surface area contributed by atoms with Gasteiger partial charge in [0.15, 0.2) is 10.6 Å². The first-order valence-electron chi connectivity index (χ1n) is 9.82. The van der Waals surface area contributed by atoms with Crippen molar-refractivity contribution in [2.75, 3.05) is 13.1 Å². The fraction of sp³-hybridized carbons (Fsp3) is 0.526. The van der Waals surface area contributed by atoms with E-state index in [0.717, 1.165) is 0 Å². The molecule has 0 spiro atoms. The van der Waals surface area contributed by atoms with Crippen LogP contribution in [0, 0.1) is 4.77 Å². The monoisotopic (exact) mass is 467 g/mol. The zero-order chi connectivity index (χ0) is 22.5. The first kappa shape index (κ1) is 21.7. The van der Waals surface area contributed by atoms with Crippen LogP contribution in [0.4, 0.5) is 9.18 Å². The Morgan fingerprint density at radius 1 is 1.42 bits per heavy atom. The third-order valence-electron chi connectivity index (χ3n) is 5.15. The number of H-pyrrole nitrogens is 1. The number of nitrogens with one attached hydrogen (secondary N) is 1. The second-order valence-corrected chi connectivity index (χ2v) is 9.25. The molecule has 1 saturated heterocycles. The van der Waals surface area contributed by atoms with Gasteiger partial charge in [-0.2, -0.15) is 10.1 Å². The first-order valence-corrected chi connectivity index (χ1v) is 10.6. The van der Waals surface area contributed by atoms with Crippen molar-refractivity contribution >= 4 is 40.9 Å². The summed E-state index contributed by atoms with van der Waals surface area (Å²) in [5, 5.41) is 7.83. The molecular weight excluding hydrogens is 445 g/mol. The molecule has 1 N–H and O–H groups in total. The predicted molar refractivity (Wildman–Crippen MR) is 116 cm³/mol. The van der Waals surface area contributed by atoms with Gasteiger partial charge in [-0.1, -0.05) is 0 Å². The predicted octanol–water partition coefficient (Wildman–Crippen LogP) is 4.06. The molecule has 0 aliphatic carbocycles. The molecule has 0 bridgehead atoms. The second kappa shape index (κ2) is 7.86. The fourth-order valence-corrected chi connectivity index (χ4v) is 4.01. The molecule has 1 aliphatic heterocycles. The molecule has 12 heteroatoms. The van der Waals surface area contributed by atoms with Gasteiger partial charge in [-0.05, 0) is 57.1 Å². The van der Waals surface area contributed by atoms with Crippen LogP contribution in [-0.4, -0.2) is 65.2 Å². The standard InChI is InChI=1S/C19H23ClFN7O2S/c1-19(2,3)30-18(29)27-6-5-12(11(21)9-27)28-13(15-24-25-17(31)26(15)4)7-10-8-22-16(20)23-14(10)28/h7-8,11-12H,5-6,9H2,1-4H3,(H,25,31)/t11-,12+/m0/s1. The summed E-state index contributed by atoms with van der Waals surface area (Å²) in [5.74, 6) is 0.542. The summed E-state index contributed by atoms with van der Waals surface area (Å²) in [6.45, 7) is 5.60. The minimum absolute atomic E-state index is 0.0651. The number of carbonyl (C=O) groups is 1. The summed E-state index contributed by atoms with van der Waals surface area (Å²) in [6, 6.07) is 1.26. The zero-order valence-electron chi connectivity index (χ0n) is 17.6. The van der Waals surface area contributed by atoms with Gasteiger partial charge in [0, 0.05) is 25.2 Å². The molecule has 166 valence electrons.